The zero-order valence-corrected chi connectivity index (χ0v) is 22.2. The second-order valence-electron chi connectivity index (χ2n) is 10.2. The Bertz CT molecular complexity index is 801. The molecule has 2 atom stereocenters. The quantitative estimate of drug-likeness (QED) is 0.226. The summed E-state index contributed by atoms with van der Waals surface area (Å²) < 4.78 is 15.9. The van der Waals surface area contributed by atoms with Crippen molar-refractivity contribution in [1.82, 2.24) is 9.80 Å². The molecule has 2 aliphatic rings. The van der Waals surface area contributed by atoms with E-state index in [0.29, 0.717) is 12.1 Å². The van der Waals surface area contributed by atoms with Crippen LogP contribution in [0, 0.1) is 5.82 Å². The second-order valence-corrected chi connectivity index (χ2v) is 10.2. The fourth-order valence-electron chi connectivity index (χ4n) is 5.58. The van der Waals surface area contributed by atoms with E-state index in [9.17, 15) is 4.39 Å². The standard InChI is InChI=1S/C29H48FN4/c1-5-8-20-33-24(4)23-32(29(33)12-7-3)19-10-9-13-27-22-31-28(11-6-2)34(27)21-18-25-14-16-26(30)17-15-25/h14-17,24,27H,5-13,18-23H2,1-4H3/q+1/t24-,27-/m0/s1. The molecule has 0 N–H and O–H groups in total. The van der Waals surface area contributed by atoms with E-state index >= 15 is 0 Å². The minimum atomic E-state index is -0.156. The van der Waals surface area contributed by atoms with Gasteiger partial charge < -0.3 is 4.90 Å². The van der Waals surface area contributed by atoms with Gasteiger partial charge in [0.2, 0.25) is 5.84 Å². The van der Waals surface area contributed by atoms with E-state index in [1.54, 1.807) is 18.0 Å². The molecule has 0 radical (unpaired) electrons. The number of hydrogen-bond acceptors (Lipinski definition) is 3. The van der Waals surface area contributed by atoms with E-state index in [1.165, 1.54) is 76.0 Å². The van der Waals surface area contributed by atoms with Gasteiger partial charge in [0.05, 0.1) is 25.5 Å². The van der Waals surface area contributed by atoms with Crippen LogP contribution in [0.15, 0.2) is 29.3 Å². The molecule has 1 aromatic carbocycles. The zero-order chi connectivity index (χ0) is 24.3. The Morgan fingerprint density at radius 3 is 2.38 bits per heavy atom. The average Bonchev–Trinajstić information content (AvgIpc) is 3.35. The molecule has 1 aromatic rings. The van der Waals surface area contributed by atoms with Gasteiger partial charge in [-0.05, 0) is 69.6 Å². The minimum Gasteiger partial charge on any atom is -0.355 e. The number of benzene rings is 1. The molecule has 0 saturated heterocycles. The molecule has 0 fully saturated rings. The van der Waals surface area contributed by atoms with Gasteiger partial charge in [0, 0.05) is 25.4 Å². The van der Waals surface area contributed by atoms with Crippen LogP contribution in [0.3, 0.4) is 0 Å². The van der Waals surface area contributed by atoms with Crippen LogP contribution in [0.2, 0.25) is 0 Å². The summed E-state index contributed by atoms with van der Waals surface area (Å²) >= 11 is 0. The first-order valence-corrected chi connectivity index (χ1v) is 14.0. The fraction of sp³-hybridized carbons (Fsp3) is 0.724. The smallest absolute Gasteiger partial charge is 0.247 e. The maximum absolute atomic E-state index is 13.3. The first-order chi connectivity index (χ1) is 16.6. The van der Waals surface area contributed by atoms with Crippen molar-refractivity contribution in [2.24, 2.45) is 4.99 Å². The summed E-state index contributed by atoms with van der Waals surface area (Å²) in [6, 6.07) is 8.16. The van der Waals surface area contributed by atoms with E-state index < -0.39 is 0 Å². The van der Waals surface area contributed by atoms with E-state index in [-0.39, 0.29) is 5.82 Å². The van der Waals surface area contributed by atoms with Crippen LogP contribution in [-0.2, 0) is 6.42 Å². The van der Waals surface area contributed by atoms with Crippen LogP contribution in [0.4, 0.5) is 4.39 Å². The number of halogens is 1. The van der Waals surface area contributed by atoms with Gasteiger partial charge in [0.15, 0.2) is 0 Å². The molecule has 2 aliphatic heterocycles. The predicted molar refractivity (Wildman–Crippen MR) is 143 cm³/mol. The van der Waals surface area contributed by atoms with Crippen LogP contribution in [0.25, 0.3) is 0 Å². The van der Waals surface area contributed by atoms with Crippen molar-refractivity contribution in [3.8, 4) is 0 Å². The number of amidine groups is 2. The third kappa shape index (κ3) is 7.29. The van der Waals surface area contributed by atoms with E-state index in [2.05, 4.69) is 42.1 Å². The van der Waals surface area contributed by atoms with Gasteiger partial charge in [-0.1, -0.05) is 39.3 Å². The fourth-order valence-corrected chi connectivity index (χ4v) is 5.58. The third-order valence-corrected chi connectivity index (χ3v) is 7.44. The molecule has 3 rings (SSSR count). The van der Waals surface area contributed by atoms with Crippen molar-refractivity contribution in [1.29, 1.82) is 0 Å². The SMILES string of the molecule is CCCCN1C(CCC)=[N+](CCCC[C@H]2CN=C(CCC)N2CCc2ccc(F)cc2)C[C@@H]1C. The predicted octanol–water partition coefficient (Wildman–Crippen LogP) is 6.14. The molecule has 0 aromatic heterocycles. The van der Waals surface area contributed by atoms with Gasteiger partial charge in [-0.25, -0.2) is 4.39 Å². The van der Waals surface area contributed by atoms with Crippen molar-refractivity contribution < 1.29 is 8.97 Å². The van der Waals surface area contributed by atoms with Crippen molar-refractivity contribution >= 4 is 11.7 Å². The highest BCUT2D eigenvalue weighted by Crippen LogP contribution is 2.21. The summed E-state index contributed by atoms with van der Waals surface area (Å²) in [6.07, 6.45) is 11.9. The molecule has 0 saturated carbocycles. The van der Waals surface area contributed by atoms with Gasteiger partial charge in [-0.3, -0.25) is 14.5 Å². The molecule has 0 spiro atoms. The molecule has 2 heterocycles. The van der Waals surface area contributed by atoms with Gasteiger partial charge >= 0.3 is 0 Å². The number of hydrogen-bond donors (Lipinski definition) is 0. The second kappa shape index (κ2) is 13.8. The maximum Gasteiger partial charge on any atom is 0.247 e. The molecule has 0 amide bonds. The van der Waals surface area contributed by atoms with Gasteiger partial charge in [0.1, 0.15) is 18.4 Å². The molecule has 0 aliphatic carbocycles. The Labute approximate surface area is 207 Å². The lowest BCUT2D eigenvalue weighted by Gasteiger charge is -2.28. The summed E-state index contributed by atoms with van der Waals surface area (Å²) in [4.78, 5) is 10.2. The highest BCUT2D eigenvalue weighted by molar-refractivity contribution is 5.84. The van der Waals surface area contributed by atoms with Crippen molar-refractivity contribution in [3.05, 3.63) is 35.6 Å². The largest absolute Gasteiger partial charge is 0.355 e. The topological polar surface area (TPSA) is 21.9 Å². The molecule has 4 nitrogen and oxygen atoms in total. The lowest BCUT2D eigenvalue weighted by molar-refractivity contribution is -0.522. The van der Waals surface area contributed by atoms with E-state index in [0.717, 1.165) is 32.4 Å². The Morgan fingerprint density at radius 1 is 0.912 bits per heavy atom. The number of aliphatic imine (C=N–C) groups is 1. The van der Waals surface area contributed by atoms with Crippen molar-refractivity contribution in [2.75, 3.05) is 32.7 Å². The normalized spacial score (nSPS) is 20.6. The number of rotatable bonds is 15. The number of unbranched alkanes of at least 4 members (excludes halogenated alkanes) is 2. The van der Waals surface area contributed by atoms with Gasteiger partial charge in [-0.15, -0.1) is 0 Å². The van der Waals surface area contributed by atoms with Crippen LogP contribution >= 0.6 is 0 Å². The Balaban J connectivity index is 1.51. The number of nitrogens with zero attached hydrogens (tertiary/aromatic N) is 4. The Hall–Kier alpha value is -1.91. The van der Waals surface area contributed by atoms with Crippen LogP contribution in [0.1, 0.15) is 91.0 Å². The Morgan fingerprint density at radius 2 is 1.68 bits per heavy atom. The summed E-state index contributed by atoms with van der Waals surface area (Å²) in [6.45, 7) is 14.8. The lowest BCUT2D eigenvalue weighted by Crippen LogP contribution is -2.38. The summed E-state index contributed by atoms with van der Waals surface area (Å²) in [5.41, 5.74) is 1.21. The first kappa shape index (κ1) is 26.7. The molecule has 0 unspecified atom stereocenters. The highest BCUT2D eigenvalue weighted by atomic mass is 19.1. The molecule has 190 valence electrons. The van der Waals surface area contributed by atoms with E-state index in [4.69, 9.17) is 4.99 Å². The highest BCUT2D eigenvalue weighted by Gasteiger charge is 2.35. The maximum atomic E-state index is 13.3. The lowest BCUT2D eigenvalue weighted by atomic mass is 10.1. The molecule has 0 bridgehead atoms. The minimum absolute atomic E-state index is 0.156. The van der Waals surface area contributed by atoms with Crippen LogP contribution < -0.4 is 0 Å². The van der Waals surface area contributed by atoms with Crippen molar-refractivity contribution in [3.63, 3.8) is 0 Å². The molecule has 5 heteroatoms. The molecular formula is C29H48FN4+. The van der Waals surface area contributed by atoms with E-state index in [1.807, 2.05) is 12.1 Å². The molecule has 34 heavy (non-hydrogen) atoms. The van der Waals surface area contributed by atoms with Gasteiger partial charge in [-0.2, -0.15) is 0 Å². The molecular weight excluding hydrogens is 423 g/mol. The first-order valence-electron chi connectivity index (χ1n) is 14.0. The van der Waals surface area contributed by atoms with Crippen LogP contribution in [-0.4, -0.2) is 70.9 Å². The van der Waals surface area contributed by atoms with Gasteiger partial charge in [0.25, 0.3) is 0 Å². The Kier molecular flexibility index (Phi) is 10.9. The summed E-state index contributed by atoms with van der Waals surface area (Å²) in [5.74, 6) is 2.73. The summed E-state index contributed by atoms with van der Waals surface area (Å²) in [5, 5.41) is 0. The summed E-state index contributed by atoms with van der Waals surface area (Å²) in [7, 11) is 0. The third-order valence-electron chi connectivity index (χ3n) is 7.44. The zero-order valence-electron chi connectivity index (χ0n) is 22.2. The average molecular weight is 472 g/mol. The monoisotopic (exact) mass is 471 g/mol. The van der Waals surface area contributed by atoms with Crippen LogP contribution in [0.5, 0.6) is 0 Å². The van der Waals surface area contributed by atoms with Crippen molar-refractivity contribution in [2.45, 2.75) is 104 Å².